The standard InChI is InChI=1S/C10H20S2/c1-4-7-8-10(6-3)12-11-9-5-2/h5,10H,2,4,6-9H2,1,3H3. The van der Waals surface area contributed by atoms with Crippen molar-refractivity contribution in [2.75, 3.05) is 5.75 Å². The molecule has 0 rings (SSSR count). The van der Waals surface area contributed by atoms with Crippen LogP contribution in [0.2, 0.25) is 0 Å². The Morgan fingerprint density at radius 3 is 2.67 bits per heavy atom. The molecule has 1 atom stereocenters. The molecule has 12 heavy (non-hydrogen) atoms. The van der Waals surface area contributed by atoms with E-state index in [4.69, 9.17) is 0 Å². The summed E-state index contributed by atoms with van der Waals surface area (Å²) in [7, 11) is 3.97. The molecule has 0 aromatic rings. The monoisotopic (exact) mass is 204 g/mol. The second kappa shape index (κ2) is 9.53. The minimum absolute atomic E-state index is 0.856. The summed E-state index contributed by atoms with van der Waals surface area (Å²) < 4.78 is 0. The molecule has 0 N–H and O–H groups in total. The Morgan fingerprint density at radius 1 is 1.42 bits per heavy atom. The van der Waals surface area contributed by atoms with Crippen LogP contribution < -0.4 is 0 Å². The Bertz CT molecular complexity index is 102. The molecular weight excluding hydrogens is 184 g/mol. The van der Waals surface area contributed by atoms with E-state index in [2.05, 4.69) is 20.4 Å². The van der Waals surface area contributed by atoms with Crippen molar-refractivity contribution < 1.29 is 0 Å². The van der Waals surface area contributed by atoms with E-state index in [1.807, 2.05) is 27.7 Å². The molecule has 0 saturated carbocycles. The Labute approximate surface area is 85.0 Å². The average Bonchev–Trinajstić information content (AvgIpc) is 2.11. The number of unbranched alkanes of at least 4 members (excludes halogenated alkanes) is 1. The lowest BCUT2D eigenvalue weighted by atomic mass is 10.2. The highest BCUT2D eigenvalue weighted by Crippen LogP contribution is 2.31. The van der Waals surface area contributed by atoms with Crippen LogP contribution in [0.15, 0.2) is 12.7 Å². The van der Waals surface area contributed by atoms with E-state index in [0.717, 1.165) is 11.0 Å². The molecule has 0 radical (unpaired) electrons. The molecule has 0 fully saturated rings. The third kappa shape index (κ3) is 7.11. The SMILES string of the molecule is C=CCSSC(CC)CCCC. The van der Waals surface area contributed by atoms with Gasteiger partial charge in [0.2, 0.25) is 0 Å². The molecule has 0 heterocycles. The van der Waals surface area contributed by atoms with E-state index in [0.29, 0.717) is 0 Å². The van der Waals surface area contributed by atoms with Crippen LogP contribution >= 0.6 is 21.6 Å². The topological polar surface area (TPSA) is 0 Å². The summed E-state index contributed by atoms with van der Waals surface area (Å²) in [5, 5.41) is 0.856. The molecule has 0 aromatic carbocycles. The lowest BCUT2D eigenvalue weighted by molar-refractivity contribution is 0.672. The molecule has 72 valence electrons. The van der Waals surface area contributed by atoms with Crippen molar-refractivity contribution in [2.24, 2.45) is 0 Å². The molecule has 0 amide bonds. The highest BCUT2D eigenvalue weighted by atomic mass is 33.1. The first-order valence-corrected chi connectivity index (χ1v) is 7.12. The van der Waals surface area contributed by atoms with Gasteiger partial charge < -0.3 is 0 Å². The van der Waals surface area contributed by atoms with Crippen molar-refractivity contribution in [1.29, 1.82) is 0 Å². The van der Waals surface area contributed by atoms with Gasteiger partial charge in [0.15, 0.2) is 0 Å². The fraction of sp³-hybridized carbons (Fsp3) is 0.800. The molecule has 0 nitrogen and oxygen atoms in total. The molecule has 0 aliphatic heterocycles. The van der Waals surface area contributed by atoms with E-state index < -0.39 is 0 Å². The summed E-state index contributed by atoms with van der Waals surface area (Å²) in [5.41, 5.74) is 0. The van der Waals surface area contributed by atoms with Gasteiger partial charge in [-0.25, -0.2) is 0 Å². The second-order valence-electron chi connectivity index (χ2n) is 2.84. The maximum Gasteiger partial charge on any atom is 0.0215 e. The highest BCUT2D eigenvalue weighted by Gasteiger charge is 2.05. The van der Waals surface area contributed by atoms with Crippen LogP contribution in [0.4, 0.5) is 0 Å². The van der Waals surface area contributed by atoms with Crippen molar-refractivity contribution in [2.45, 2.75) is 44.8 Å². The number of hydrogen-bond donors (Lipinski definition) is 0. The first kappa shape index (κ1) is 12.4. The molecule has 0 aliphatic rings. The molecule has 0 bridgehead atoms. The van der Waals surface area contributed by atoms with Gasteiger partial charge in [-0.1, -0.05) is 54.4 Å². The molecule has 1 unspecified atom stereocenters. The lowest BCUT2D eigenvalue weighted by Gasteiger charge is -2.11. The van der Waals surface area contributed by atoms with Crippen molar-refractivity contribution >= 4 is 21.6 Å². The fourth-order valence-electron chi connectivity index (χ4n) is 0.936. The van der Waals surface area contributed by atoms with E-state index in [1.54, 1.807) is 0 Å². The van der Waals surface area contributed by atoms with Crippen molar-refractivity contribution in [1.82, 2.24) is 0 Å². The predicted molar refractivity (Wildman–Crippen MR) is 63.9 cm³/mol. The van der Waals surface area contributed by atoms with E-state index in [-0.39, 0.29) is 0 Å². The van der Waals surface area contributed by atoms with Gasteiger partial charge in [-0.2, -0.15) is 0 Å². The Hall–Kier alpha value is 0.440. The summed E-state index contributed by atoms with van der Waals surface area (Å²) in [6.07, 6.45) is 7.35. The third-order valence-corrected chi connectivity index (χ3v) is 4.71. The summed E-state index contributed by atoms with van der Waals surface area (Å²) in [5.74, 6) is 1.08. The van der Waals surface area contributed by atoms with E-state index in [1.165, 1.54) is 25.7 Å². The zero-order chi connectivity index (χ0) is 9.23. The lowest BCUT2D eigenvalue weighted by Crippen LogP contribution is -1.98. The van der Waals surface area contributed by atoms with Gasteiger partial charge in [-0.05, 0) is 12.8 Å². The molecule has 0 saturated heterocycles. The Balaban J connectivity index is 3.32. The molecule has 0 aliphatic carbocycles. The highest BCUT2D eigenvalue weighted by molar-refractivity contribution is 8.77. The summed E-state index contributed by atoms with van der Waals surface area (Å²) in [6.45, 7) is 8.25. The molecule has 0 spiro atoms. The normalized spacial score (nSPS) is 12.8. The second-order valence-corrected chi connectivity index (χ2v) is 5.55. The summed E-state index contributed by atoms with van der Waals surface area (Å²) in [4.78, 5) is 0. The number of rotatable bonds is 8. The van der Waals surface area contributed by atoms with Crippen LogP contribution in [-0.4, -0.2) is 11.0 Å². The van der Waals surface area contributed by atoms with Crippen LogP contribution in [0.25, 0.3) is 0 Å². The van der Waals surface area contributed by atoms with Crippen LogP contribution in [-0.2, 0) is 0 Å². The smallest absolute Gasteiger partial charge is 0.0215 e. The molecule has 0 aromatic heterocycles. The van der Waals surface area contributed by atoms with Crippen LogP contribution in [0.5, 0.6) is 0 Å². The first-order valence-electron chi connectivity index (χ1n) is 4.74. The van der Waals surface area contributed by atoms with Crippen molar-refractivity contribution in [3.63, 3.8) is 0 Å². The quantitative estimate of drug-likeness (QED) is 0.324. The van der Waals surface area contributed by atoms with E-state index >= 15 is 0 Å². The van der Waals surface area contributed by atoms with Crippen LogP contribution in [0.3, 0.4) is 0 Å². The molecular formula is C10H20S2. The van der Waals surface area contributed by atoms with Crippen LogP contribution in [0, 0.1) is 0 Å². The zero-order valence-electron chi connectivity index (χ0n) is 8.21. The van der Waals surface area contributed by atoms with Gasteiger partial charge in [0, 0.05) is 11.0 Å². The van der Waals surface area contributed by atoms with Crippen molar-refractivity contribution in [3.05, 3.63) is 12.7 Å². The third-order valence-electron chi connectivity index (χ3n) is 1.73. The average molecular weight is 204 g/mol. The van der Waals surface area contributed by atoms with Gasteiger partial charge in [0.25, 0.3) is 0 Å². The Morgan fingerprint density at radius 2 is 2.17 bits per heavy atom. The maximum absolute atomic E-state index is 3.71. The largest absolute Gasteiger partial charge is 0.102 e. The number of hydrogen-bond acceptors (Lipinski definition) is 2. The van der Waals surface area contributed by atoms with Crippen LogP contribution in [0.1, 0.15) is 39.5 Å². The zero-order valence-corrected chi connectivity index (χ0v) is 9.85. The maximum atomic E-state index is 3.71. The summed E-state index contributed by atoms with van der Waals surface area (Å²) >= 11 is 0. The van der Waals surface area contributed by atoms with Crippen molar-refractivity contribution in [3.8, 4) is 0 Å². The van der Waals surface area contributed by atoms with E-state index in [9.17, 15) is 0 Å². The Kier molecular flexibility index (Phi) is 9.88. The van der Waals surface area contributed by atoms with Gasteiger partial charge in [0.05, 0.1) is 0 Å². The minimum Gasteiger partial charge on any atom is -0.102 e. The fourth-order valence-corrected chi connectivity index (χ4v) is 3.50. The molecule has 2 heteroatoms. The van der Waals surface area contributed by atoms with Gasteiger partial charge in [0.1, 0.15) is 0 Å². The predicted octanol–water partition coefficient (Wildman–Crippen LogP) is 4.52. The summed E-state index contributed by atoms with van der Waals surface area (Å²) in [6, 6.07) is 0. The van der Waals surface area contributed by atoms with Gasteiger partial charge in [-0.15, -0.1) is 6.58 Å². The first-order chi connectivity index (χ1) is 5.85. The van der Waals surface area contributed by atoms with Gasteiger partial charge in [-0.3, -0.25) is 0 Å². The minimum atomic E-state index is 0.856. The van der Waals surface area contributed by atoms with Gasteiger partial charge >= 0.3 is 0 Å².